The highest BCUT2D eigenvalue weighted by Crippen LogP contribution is 2.28. The maximum absolute atomic E-state index is 9.60. The zero-order chi connectivity index (χ0) is 16.2. The average molecular weight is 313 g/mol. The monoisotopic (exact) mass is 313 g/mol. The number of rotatable bonds is 5. The van der Waals surface area contributed by atoms with Crippen molar-refractivity contribution in [2.75, 3.05) is 0 Å². The molecule has 1 fully saturated rings. The molecule has 4 nitrogen and oxygen atoms in total. The van der Waals surface area contributed by atoms with E-state index in [1.54, 1.807) is 0 Å². The summed E-state index contributed by atoms with van der Waals surface area (Å²) in [5.41, 5.74) is 5.36. The molecule has 0 saturated heterocycles. The minimum Gasteiger partial charge on any atom is -0.390 e. The van der Waals surface area contributed by atoms with Crippen LogP contribution in [0, 0.1) is 19.8 Å². The standard InChI is InChI=1S/C19H27N3O/c1-14-8-10-17(12-15(14)2)22-19(18(13-23)20-21-22)11-9-16-6-4-3-5-7-16/h8,10,12,16,23H,3-7,9,11,13H2,1-2H3. The van der Waals surface area contributed by atoms with E-state index in [-0.39, 0.29) is 6.61 Å². The molecule has 0 radical (unpaired) electrons. The second-order valence-electron chi connectivity index (χ2n) is 6.86. The highest BCUT2D eigenvalue weighted by Gasteiger charge is 2.18. The van der Waals surface area contributed by atoms with Crippen LogP contribution in [0.4, 0.5) is 0 Å². The molecule has 3 rings (SSSR count). The molecular weight excluding hydrogens is 286 g/mol. The summed E-state index contributed by atoms with van der Waals surface area (Å²) < 4.78 is 1.92. The molecule has 0 unspecified atom stereocenters. The van der Waals surface area contributed by atoms with Gasteiger partial charge in [0.05, 0.1) is 18.0 Å². The zero-order valence-corrected chi connectivity index (χ0v) is 14.3. The first-order valence-corrected chi connectivity index (χ1v) is 8.81. The van der Waals surface area contributed by atoms with Gasteiger partial charge >= 0.3 is 0 Å². The lowest BCUT2D eigenvalue weighted by Crippen LogP contribution is -2.10. The summed E-state index contributed by atoms with van der Waals surface area (Å²) in [4.78, 5) is 0. The minimum atomic E-state index is -0.0369. The van der Waals surface area contributed by atoms with E-state index in [4.69, 9.17) is 0 Å². The number of hydrogen-bond acceptors (Lipinski definition) is 3. The zero-order valence-electron chi connectivity index (χ0n) is 14.3. The topological polar surface area (TPSA) is 50.9 Å². The molecule has 0 amide bonds. The van der Waals surface area contributed by atoms with E-state index < -0.39 is 0 Å². The molecule has 23 heavy (non-hydrogen) atoms. The molecule has 124 valence electrons. The molecule has 0 spiro atoms. The fourth-order valence-corrected chi connectivity index (χ4v) is 3.59. The van der Waals surface area contributed by atoms with Gasteiger partial charge in [0.25, 0.3) is 0 Å². The van der Waals surface area contributed by atoms with Gasteiger partial charge in [-0.2, -0.15) is 0 Å². The van der Waals surface area contributed by atoms with Gasteiger partial charge in [-0.1, -0.05) is 43.4 Å². The van der Waals surface area contributed by atoms with Gasteiger partial charge in [0.1, 0.15) is 5.69 Å². The normalized spacial score (nSPS) is 16.0. The summed E-state index contributed by atoms with van der Waals surface area (Å²) in [6, 6.07) is 6.35. The summed E-state index contributed by atoms with van der Waals surface area (Å²) in [6.07, 6.45) is 8.93. The molecule has 1 heterocycles. The van der Waals surface area contributed by atoms with E-state index >= 15 is 0 Å². The number of aromatic nitrogens is 3. The number of nitrogens with zero attached hydrogens (tertiary/aromatic N) is 3. The lowest BCUT2D eigenvalue weighted by Gasteiger charge is -2.21. The van der Waals surface area contributed by atoms with Crippen LogP contribution in [0.15, 0.2) is 18.2 Å². The Hall–Kier alpha value is -1.68. The van der Waals surface area contributed by atoms with Crippen molar-refractivity contribution in [3.8, 4) is 5.69 Å². The first kappa shape index (κ1) is 16.2. The molecule has 1 aromatic carbocycles. The number of aliphatic hydroxyl groups excluding tert-OH is 1. The molecule has 2 aromatic rings. The van der Waals surface area contributed by atoms with Crippen LogP contribution in [0.1, 0.15) is 61.0 Å². The second-order valence-corrected chi connectivity index (χ2v) is 6.86. The summed E-state index contributed by atoms with van der Waals surface area (Å²) in [5.74, 6) is 0.818. The molecule has 1 N–H and O–H groups in total. The molecule has 0 bridgehead atoms. The largest absolute Gasteiger partial charge is 0.390 e. The van der Waals surface area contributed by atoms with Crippen LogP contribution in [0.3, 0.4) is 0 Å². The van der Waals surface area contributed by atoms with Crippen LogP contribution in [-0.4, -0.2) is 20.1 Å². The predicted octanol–water partition coefficient (Wildman–Crippen LogP) is 3.89. The Balaban J connectivity index is 1.82. The molecule has 4 heteroatoms. The maximum Gasteiger partial charge on any atom is 0.112 e. The fourth-order valence-electron chi connectivity index (χ4n) is 3.59. The SMILES string of the molecule is Cc1ccc(-n2nnc(CO)c2CCC2CCCCC2)cc1C. The molecular formula is C19H27N3O. The number of aryl methyl sites for hydroxylation is 2. The quantitative estimate of drug-likeness (QED) is 0.911. The van der Waals surface area contributed by atoms with Crippen molar-refractivity contribution < 1.29 is 5.11 Å². The van der Waals surface area contributed by atoms with Gasteiger partial charge in [-0.05, 0) is 55.9 Å². The highest BCUT2D eigenvalue weighted by atomic mass is 16.3. The van der Waals surface area contributed by atoms with Gasteiger partial charge in [0.2, 0.25) is 0 Å². The predicted molar refractivity (Wildman–Crippen MR) is 91.7 cm³/mol. The van der Waals surface area contributed by atoms with E-state index in [0.717, 1.165) is 29.4 Å². The molecule has 1 aromatic heterocycles. The maximum atomic E-state index is 9.60. The minimum absolute atomic E-state index is 0.0369. The summed E-state index contributed by atoms with van der Waals surface area (Å²) in [7, 11) is 0. The Morgan fingerprint density at radius 2 is 1.91 bits per heavy atom. The second kappa shape index (κ2) is 7.26. The van der Waals surface area contributed by atoms with Crippen molar-refractivity contribution in [3.63, 3.8) is 0 Å². The van der Waals surface area contributed by atoms with E-state index in [2.05, 4.69) is 42.4 Å². The van der Waals surface area contributed by atoms with Crippen LogP contribution < -0.4 is 0 Å². The fraction of sp³-hybridized carbons (Fsp3) is 0.579. The lowest BCUT2D eigenvalue weighted by atomic mass is 9.85. The number of benzene rings is 1. The number of aliphatic hydroxyl groups is 1. The smallest absolute Gasteiger partial charge is 0.112 e. The Kier molecular flexibility index (Phi) is 5.11. The van der Waals surface area contributed by atoms with Gasteiger partial charge in [-0.3, -0.25) is 0 Å². The van der Waals surface area contributed by atoms with Crippen molar-refractivity contribution in [2.45, 2.75) is 65.4 Å². The molecule has 0 atom stereocenters. The van der Waals surface area contributed by atoms with Crippen LogP contribution in [-0.2, 0) is 13.0 Å². The van der Waals surface area contributed by atoms with E-state index in [1.807, 2.05) is 4.68 Å². The first-order valence-electron chi connectivity index (χ1n) is 8.81. The molecule has 1 aliphatic carbocycles. The van der Waals surface area contributed by atoms with E-state index in [0.29, 0.717) is 0 Å². The van der Waals surface area contributed by atoms with Crippen LogP contribution in [0.2, 0.25) is 0 Å². The van der Waals surface area contributed by atoms with Gasteiger partial charge < -0.3 is 5.11 Å². The van der Waals surface area contributed by atoms with E-state index in [9.17, 15) is 5.11 Å². The lowest BCUT2D eigenvalue weighted by molar-refractivity contribution is 0.274. The van der Waals surface area contributed by atoms with Crippen LogP contribution >= 0.6 is 0 Å². The summed E-state index contributed by atoms with van der Waals surface area (Å²) >= 11 is 0. The van der Waals surface area contributed by atoms with Gasteiger partial charge in [-0.15, -0.1) is 5.10 Å². The molecule has 0 aliphatic heterocycles. The van der Waals surface area contributed by atoms with Crippen molar-refractivity contribution in [1.29, 1.82) is 0 Å². The third-order valence-corrected chi connectivity index (χ3v) is 5.24. The highest BCUT2D eigenvalue weighted by molar-refractivity contribution is 5.40. The Morgan fingerprint density at radius 1 is 1.13 bits per heavy atom. The Bertz CT molecular complexity index is 657. The Labute approximate surface area is 138 Å². The van der Waals surface area contributed by atoms with Crippen molar-refractivity contribution in [3.05, 3.63) is 40.7 Å². The first-order chi connectivity index (χ1) is 11.2. The third-order valence-electron chi connectivity index (χ3n) is 5.24. The van der Waals surface area contributed by atoms with Crippen LogP contribution in [0.5, 0.6) is 0 Å². The average Bonchev–Trinajstić information content (AvgIpc) is 2.99. The van der Waals surface area contributed by atoms with Gasteiger partial charge in [0, 0.05) is 0 Å². The Morgan fingerprint density at radius 3 is 2.61 bits per heavy atom. The van der Waals surface area contributed by atoms with Gasteiger partial charge in [-0.25, -0.2) is 4.68 Å². The van der Waals surface area contributed by atoms with Crippen LogP contribution in [0.25, 0.3) is 5.69 Å². The van der Waals surface area contributed by atoms with Crippen molar-refractivity contribution in [2.24, 2.45) is 5.92 Å². The summed E-state index contributed by atoms with van der Waals surface area (Å²) in [6.45, 7) is 4.19. The van der Waals surface area contributed by atoms with E-state index in [1.165, 1.54) is 49.7 Å². The molecule has 1 saturated carbocycles. The molecule has 1 aliphatic rings. The summed E-state index contributed by atoms with van der Waals surface area (Å²) in [5, 5.41) is 18.1. The third kappa shape index (κ3) is 3.63. The van der Waals surface area contributed by atoms with Crippen molar-refractivity contribution in [1.82, 2.24) is 15.0 Å². The number of hydrogen-bond donors (Lipinski definition) is 1. The van der Waals surface area contributed by atoms with Gasteiger partial charge in [0.15, 0.2) is 0 Å². The van der Waals surface area contributed by atoms with Crippen molar-refractivity contribution >= 4 is 0 Å².